The quantitative estimate of drug-likeness (QED) is 0.289. The lowest BCUT2D eigenvalue weighted by molar-refractivity contribution is -0.151. The van der Waals surface area contributed by atoms with Crippen molar-refractivity contribution in [2.45, 2.75) is 96.4 Å². The summed E-state index contributed by atoms with van der Waals surface area (Å²) < 4.78 is 11.1. The van der Waals surface area contributed by atoms with Gasteiger partial charge in [-0.1, -0.05) is 38.3 Å². The molecule has 7 heteroatoms. The largest absolute Gasteiger partial charge is 0.482 e. The number of aliphatic hydroxyl groups excluding tert-OH is 2. The Morgan fingerprint density at radius 3 is 2.74 bits per heavy atom. The van der Waals surface area contributed by atoms with Crippen molar-refractivity contribution < 1.29 is 29.3 Å². The SMILES string of the molecule is CCCCC[C@H](O)CCC1C2Cc3cccc(OCC(=O)OC(C)CC(=O)NC)c3C[C@H]2C[C@H]1O. The molecule has 6 atom stereocenters. The van der Waals surface area contributed by atoms with Crippen molar-refractivity contribution in [3.63, 3.8) is 0 Å². The second-order valence-corrected chi connectivity index (χ2v) is 10.4. The van der Waals surface area contributed by atoms with Crippen LogP contribution in [0.25, 0.3) is 0 Å². The Kier molecular flexibility index (Phi) is 10.4. The number of nitrogens with one attached hydrogen (secondary N) is 1. The van der Waals surface area contributed by atoms with E-state index in [4.69, 9.17) is 9.47 Å². The highest BCUT2D eigenvalue weighted by Gasteiger charge is 2.44. The van der Waals surface area contributed by atoms with E-state index in [0.29, 0.717) is 17.6 Å². The lowest BCUT2D eigenvalue weighted by Gasteiger charge is -2.32. The molecule has 7 nitrogen and oxygen atoms in total. The molecule has 35 heavy (non-hydrogen) atoms. The zero-order valence-corrected chi connectivity index (χ0v) is 21.5. The summed E-state index contributed by atoms with van der Waals surface area (Å²) in [5.74, 6) is 1.02. The normalized spacial score (nSPS) is 24.7. The molecule has 2 aliphatic carbocycles. The Hall–Kier alpha value is -2.12. The van der Waals surface area contributed by atoms with Gasteiger partial charge in [0.05, 0.1) is 18.6 Å². The van der Waals surface area contributed by atoms with Crippen molar-refractivity contribution in [1.29, 1.82) is 0 Å². The number of esters is 1. The van der Waals surface area contributed by atoms with Gasteiger partial charge in [-0.3, -0.25) is 4.79 Å². The molecule has 1 fully saturated rings. The Balaban J connectivity index is 1.55. The molecule has 0 aromatic heterocycles. The number of ether oxygens (including phenoxy) is 2. The van der Waals surface area contributed by atoms with E-state index in [1.54, 1.807) is 14.0 Å². The van der Waals surface area contributed by atoms with E-state index in [1.807, 2.05) is 12.1 Å². The minimum Gasteiger partial charge on any atom is -0.482 e. The number of hydrogen-bond acceptors (Lipinski definition) is 6. The summed E-state index contributed by atoms with van der Waals surface area (Å²) in [5.41, 5.74) is 2.33. The molecule has 196 valence electrons. The molecule has 3 N–H and O–H groups in total. The van der Waals surface area contributed by atoms with Crippen molar-refractivity contribution in [1.82, 2.24) is 5.32 Å². The van der Waals surface area contributed by atoms with Crippen LogP contribution in [-0.4, -0.2) is 54.1 Å². The van der Waals surface area contributed by atoms with Crippen LogP contribution in [0.3, 0.4) is 0 Å². The van der Waals surface area contributed by atoms with Gasteiger partial charge >= 0.3 is 5.97 Å². The van der Waals surface area contributed by atoms with Gasteiger partial charge < -0.3 is 25.0 Å². The summed E-state index contributed by atoms with van der Waals surface area (Å²) in [4.78, 5) is 23.7. The smallest absolute Gasteiger partial charge is 0.344 e. The number of carbonyl (C=O) groups is 2. The number of rotatable bonds is 13. The molecule has 1 amide bonds. The van der Waals surface area contributed by atoms with Crippen LogP contribution < -0.4 is 10.1 Å². The van der Waals surface area contributed by atoms with Gasteiger partial charge in [-0.15, -0.1) is 0 Å². The van der Waals surface area contributed by atoms with Crippen molar-refractivity contribution in [3.8, 4) is 5.75 Å². The summed E-state index contributed by atoms with van der Waals surface area (Å²) in [6.45, 7) is 3.65. The molecule has 0 radical (unpaired) electrons. The van der Waals surface area contributed by atoms with Crippen molar-refractivity contribution in [2.75, 3.05) is 13.7 Å². The molecule has 1 aromatic carbocycles. The minimum atomic E-state index is -0.515. The number of fused-ring (bicyclic) bond motifs is 2. The Morgan fingerprint density at radius 2 is 2.00 bits per heavy atom. The average molecular weight is 490 g/mol. The Bertz CT molecular complexity index is 843. The van der Waals surface area contributed by atoms with E-state index in [0.717, 1.165) is 63.4 Å². The van der Waals surface area contributed by atoms with Crippen LogP contribution in [0.1, 0.15) is 76.3 Å². The third-order valence-corrected chi connectivity index (χ3v) is 7.75. The highest BCUT2D eigenvalue weighted by atomic mass is 16.6. The lowest BCUT2D eigenvalue weighted by atomic mass is 9.73. The Morgan fingerprint density at radius 1 is 1.20 bits per heavy atom. The first kappa shape index (κ1) is 27.5. The molecule has 0 spiro atoms. The summed E-state index contributed by atoms with van der Waals surface area (Å²) in [6.07, 6.45) is 7.32. The van der Waals surface area contributed by atoms with Crippen LogP contribution in [0, 0.1) is 17.8 Å². The van der Waals surface area contributed by atoms with Gasteiger partial charge in [0.2, 0.25) is 5.91 Å². The van der Waals surface area contributed by atoms with Gasteiger partial charge in [0.1, 0.15) is 11.9 Å². The first-order valence-corrected chi connectivity index (χ1v) is 13.3. The number of carbonyl (C=O) groups excluding carboxylic acids is 2. The van der Waals surface area contributed by atoms with E-state index in [-0.39, 0.29) is 37.1 Å². The fourth-order valence-corrected chi connectivity index (χ4v) is 5.90. The maximum Gasteiger partial charge on any atom is 0.344 e. The van der Waals surface area contributed by atoms with Crippen LogP contribution in [-0.2, 0) is 27.2 Å². The summed E-state index contributed by atoms with van der Waals surface area (Å²) >= 11 is 0. The highest BCUT2D eigenvalue weighted by Crippen LogP contribution is 2.48. The second-order valence-electron chi connectivity index (χ2n) is 10.4. The summed E-state index contributed by atoms with van der Waals surface area (Å²) in [7, 11) is 1.55. The van der Waals surface area contributed by atoms with E-state index >= 15 is 0 Å². The third-order valence-electron chi connectivity index (χ3n) is 7.75. The molecule has 3 rings (SSSR count). The molecule has 1 saturated carbocycles. The molecular formula is C28H43NO6. The summed E-state index contributed by atoms with van der Waals surface area (Å²) in [6, 6.07) is 5.95. The van der Waals surface area contributed by atoms with Gasteiger partial charge in [-0.05, 0) is 80.4 Å². The summed E-state index contributed by atoms with van der Waals surface area (Å²) in [5, 5.41) is 23.7. The first-order chi connectivity index (χ1) is 16.8. The van der Waals surface area contributed by atoms with Gasteiger partial charge in [0, 0.05) is 7.05 Å². The Labute approximate surface area is 209 Å². The number of amides is 1. The topological polar surface area (TPSA) is 105 Å². The van der Waals surface area contributed by atoms with Crippen molar-refractivity contribution in [3.05, 3.63) is 29.3 Å². The van der Waals surface area contributed by atoms with Crippen LogP contribution in [0.2, 0.25) is 0 Å². The van der Waals surface area contributed by atoms with Crippen molar-refractivity contribution >= 4 is 11.9 Å². The molecule has 3 unspecified atom stereocenters. The minimum absolute atomic E-state index is 0.116. The first-order valence-electron chi connectivity index (χ1n) is 13.3. The van der Waals surface area contributed by atoms with Gasteiger partial charge in [0.25, 0.3) is 0 Å². The zero-order chi connectivity index (χ0) is 25.4. The maximum absolute atomic E-state index is 12.2. The number of benzene rings is 1. The van der Waals surface area contributed by atoms with Crippen molar-refractivity contribution in [2.24, 2.45) is 17.8 Å². The number of hydrogen-bond donors (Lipinski definition) is 3. The standard InChI is InChI=1S/C28H43NO6/c1-4-5-6-9-21(30)11-12-22-23-14-19-8-7-10-26(24(19)15-20(23)16-25(22)31)34-17-28(33)35-18(2)13-27(32)29-3/h7-8,10,18,20-23,25,30-31H,4-6,9,11-17H2,1-3H3,(H,29,32)/t18?,20-,21-,22?,23?,25+/m0/s1. The van der Waals surface area contributed by atoms with Gasteiger partial charge in [-0.25, -0.2) is 4.79 Å². The predicted octanol–water partition coefficient (Wildman–Crippen LogP) is 3.57. The second kappa shape index (κ2) is 13.3. The zero-order valence-electron chi connectivity index (χ0n) is 21.5. The average Bonchev–Trinajstić information content (AvgIpc) is 3.13. The molecule has 1 aromatic rings. The van der Waals surface area contributed by atoms with E-state index < -0.39 is 12.1 Å². The molecule has 0 aliphatic heterocycles. The van der Waals surface area contributed by atoms with E-state index in [1.165, 1.54) is 5.56 Å². The van der Waals surface area contributed by atoms with Crippen LogP contribution in [0.4, 0.5) is 0 Å². The molecule has 2 aliphatic rings. The molecular weight excluding hydrogens is 446 g/mol. The van der Waals surface area contributed by atoms with E-state index in [9.17, 15) is 19.8 Å². The maximum atomic E-state index is 12.2. The molecule has 0 saturated heterocycles. The lowest BCUT2D eigenvalue weighted by Crippen LogP contribution is -2.29. The predicted molar refractivity (Wildman–Crippen MR) is 134 cm³/mol. The van der Waals surface area contributed by atoms with Gasteiger partial charge in [0.15, 0.2) is 6.61 Å². The van der Waals surface area contributed by atoms with Crippen LogP contribution >= 0.6 is 0 Å². The monoisotopic (exact) mass is 489 g/mol. The molecule has 0 heterocycles. The number of unbranched alkanes of at least 4 members (excludes halogenated alkanes) is 2. The van der Waals surface area contributed by atoms with Gasteiger partial charge in [-0.2, -0.15) is 0 Å². The third kappa shape index (κ3) is 7.68. The fourth-order valence-electron chi connectivity index (χ4n) is 5.90. The van der Waals surface area contributed by atoms with Crippen LogP contribution in [0.5, 0.6) is 5.75 Å². The highest BCUT2D eigenvalue weighted by molar-refractivity contribution is 5.77. The fraction of sp³-hybridized carbons (Fsp3) is 0.714. The van der Waals surface area contributed by atoms with E-state index in [2.05, 4.69) is 18.3 Å². The van der Waals surface area contributed by atoms with Crippen LogP contribution in [0.15, 0.2) is 18.2 Å². The number of aliphatic hydroxyl groups is 2. The molecule has 0 bridgehead atoms.